The lowest BCUT2D eigenvalue weighted by Crippen LogP contribution is -2.61. The molecule has 174 valence electrons. The van der Waals surface area contributed by atoms with Crippen molar-refractivity contribution in [3.05, 3.63) is 35.4 Å². The lowest BCUT2D eigenvalue weighted by Gasteiger charge is -2.46. The number of halogens is 2. The van der Waals surface area contributed by atoms with Crippen LogP contribution in [0.25, 0.3) is 0 Å². The van der Waals surface area contributed by atoms with E-state index in [1.54, 1.807) is 4.90 Å². The fraction of sp³-hybridized carbons (Fsp3) is 0.696. The van der Waals surface area contributed by atoms with Crippen LogP contribution < -0.4 is 5.73 Å². The van der Waals surface area contributed by atoms with Gasteiger partial charge in [0.15, 0.2) is 0 Å². The molecule has 0 aromatic heterocycles. The van der Waals surface area contributed by atoms with E-state index in [-0.39, 0.29) is 24.8 Å². The number of hydrogen-bond acceptors (Lipinski definition) is 5. The average Bonchev–Trinajstić information content (AvgIpc) is 3.32. The minimum atomic E-state index is -0.874. The topological polar surface area (TPSA) is 74.0 Å². The van der Waals surface area contributed by atoms with Crippen molar-refractivity contribution in [1.29, 1.82) is 0 Å². The lowest BCUT2D eigenvalue weighted by atomic mass is 9.87. The molecule has 0 spiro atoms. The van der Waals surface area contributed by atoms with Crippen molar-refractivity contribution < 1.29 is 27.8 Å². The molecule has 1 heterocycles. The summed E-state index contributed by atoms with van der Waals surface area (Å²) in [5, 5.41) is 0. The van der Waals surface area contributed by atoms with Gasteiger partial charge >= 0.3 is 6.09 Å². The summed E-state index contributed by atoms with van der Waals surface area (Å²) >= 11 is 0. The van der Waals surface area contributed by atoms with Gasteiger partial charge in [0, 0.05) is 25.1 Å². The van der Waals surface area contributed by atoms with Crippen molar-refractivity contribution in [1.82, 2.24) is 4.90 Å². The number of amides is 1. The maximum atomic E-state index is 13.8. The first-order valence-corrected chi connectivity index (χ1v) is 10.8. The van der Waals surface area contributed by atoms with E-state index >= 15 is 0 Å². The van der Waals surface area contributed by atoms with Gasteiger partial charge in [-0.05, 0) is 71.1 Å². The third-order valence-electron chi connectivity index (χ3n) is 6.14. The number of carbonyl (C=O) groups excluding carboxylic acids is 1. The number of piperidine rings is 1. The second-order valence-electron chi connectivity index (χ2n) is 9.80. The number of benzene rings is 1. The molecule has 5 atom stereocenters. The molecule has 1 aliphatic heterocycles. The first kappa shape index (κ1) is 23.9. The first-order chi connectivity index (χ1) is 14.5. The Morgan fingerprint density at radius 2 is 1.90 bits per heavy atom. The monoisotopic (exact) mass is 440 g/mol. The van der Waals surface area contributed by atoms with Crippen LogP contribution in [0.15, 0.2) is 18.2 Å². The Balaban J connectivity index is 1.90. The molecule has 1 saturated carbocycles. The van der Waals surface area contributed by atoms with Gasteiger partial charge < -0.3 is 19.9 Å². The number of ether oxygens (including phenoxy) is 3. The average molecular weight is 441 g/mol. The molecule has 0 radical (unpaired) electrons. The zero-order chi connectivity index (χ0) is 23.0. The molecule has 1 unspecified atom stereocenters. The largest absolute Gasteiger partial charge is 0.444 e. The van der Waals surface area contributed by atoms with Crippen LogP contribution in [0.4, 0.5) is 13.6 Å². The van der Waals surface area contributed by atoms with E-state index in [0.29, 0.717) is 18.4 Å². The van der Waals surface area contributed by atoms with Crippen LogP contribution >= 0.6 is 0 Å². The number of nitrogens with two attached hydrogens (primary N) is 1. The van der Waals surface area contributed by atoms with Gasteiger partial charge in [0.1, 0.15) is 24.0 Å². The molecule has 1 saturated heterocycles. The van der Waals surface area contributed by atoms with Crippen molar-refractivity contribution in [3.8, 4) is 0 Å². The van der Waals surface area contributed by atoms with Crippen LogP contribution in [-0.4, -0.2) is 54.2 Å². The van der Waals surface area contributed by atoms with Gasteiger partial charge in [-0.3, -0.25) is 4.90 Å². The molecule has 0 bridgehead atoms. The van der Waals surface area contributed by atoms with E-state index in [1.165, 1.54) is 19.2 Å². The SMILES string of the molecule is COCO[C@H]([C@H]1CCC[C@H](C)N1C(=O)OC(C)(C)C)[C@]1(N)CC1c1cc(F)cc(F)c1. The van der Waals surface area contributed by atoms with Gasteiger partial charge in [-0.1, -0.05) is 0 Å². The second-order valence-corrected chi connectivity index (χ2v) is 9.80. The molecule has 1 aromatic rings. The highest BCUT2D eigenvalue weighted by Gasteiger charge is 2.61. The van der Waals surface area contributed by atoms with E-state index < -0.39 is 35.0 Å². The number of carbonyl (C=O) groups is 1. The normalized spacial score (nSPS) is 29.5. The summed E-state index contributed by atoms with van der Waals surface area (Å²) in [5.41, 5.74) is 5.76. The fourth-order valence-corrected chi connectivity index (χ4v) is 4.73. The first-order valence-electron chi connectivity index (χ1n) is 10.8. The number of hydrogen-bond donors (Lipinski definition) is 1. The predicted molar refractivity (Wildman–Crippen MR) is 113 cm³/mol. The summed E-state index contributed by atoms with van der Waals surface area (Å²) in [6.07, 6.45) is 1.97. The lowest BCUT2D eigenvalue weighted by molar-refractivity contribution is -0.123. The summed E-state index contributed by atoms with van der Waals surface area (Å²) in [5.74, 6) is -1.56. The summed E-state index contributed by atoms with van der Waals surface area (Å²) in [6.45, 7) is 7.47. The predicted octanol–water partition coefficient (Wildman–Crippen LogP) is 4.32. The van der Waals surface area contributed by atoms with Crippen molar-refractivity contribution in [3.63, 3.8) is 0 Å². The zero-order valence-corrected chi connectivity index (χ0v) is 19.0. The molecule has 2 fully saturated rings. The van der Waals surface area contributed by atoms with E-state index in [1.807, 2.05) is 27.7 Å². The molecule has 2 N–H and O–H groups in total. The smallest absolute Gasteiger partial charge is 0.410 e. The van der Waals surface area contributed by atoms with Crippen molar-refractivity contribution in [2.24, 2.45) is 5.73 Å². The Labute approximate surface area is 183 Å². The summed E-state index contributed by atoms with van der Waals surface area (Å²) in [6, 6.07) is 3.09. The second kappa shape index (κ2) is 9.00. The maximum Gasteiger partial charge on any atom is 0.410 e. The minimum Gasteiger partial charge on any atom is -0.444 e. The van der Waals surface area contributed by atoms with Crippen LogP contribution in [-0.2, 0) is 14.2 Å². The van der Waals surface area contributed by atoms with E-state index in [0.717, 1.165) is 18.9 Å². The van der Waals surface area contributed by atoms with Crippen molar-refractivity contribution >= 4 is 6.09 Å². The fourth-order valence-electron chi connectivity index (χ4n) is 4.73. The highest BCUT2D eigenvalue weighted by molar-refractivity contribution is 5.69. The number of methoxy groups -OCH3 is 1. The molecule has 6 nitrogen and oxygen atoms in total. The van der Waals surface area contributed by atoms with Crippen molar-refractivity contribution in [2.75, 3.05) is 13.9 Å². The van der Waals surface area contributed by atoms with E-state index in [9.17, 15) is 13.6 Å². The highest BCUT2D eigenvalue weighted by atomic mass is 19.1. The standard InChI is InChI=1S/C23H34F2N2O4/c1-14-7-6-8-19(27(14)21(28)31-22(2,3)4)20(30-13-29-5)23(26)12-18(23)15-9-16(24)11-17(25)10-15/h9-11,14,18-20H,6-8,12-13,26H2,1-5H3/t14-,18?,19+,20+,23-/m0/s1. The Kier molecular flexibility index (Phi) is 6.93. The Bertz CT molecular complexity index is 780. The highest BCUT2D eigenvalue weighted by Crippen LogP contribution is 2.54. The number of likely N-dealkylation sites (tertiary alicyclic amines) is 1. The quantitative estimate of drug-likeness (QED) is 0.667. The zero-order valence-electron chi connectivity index (χ0n) is 19.0. The van der Waals surface area contributed by atoms with Crippen molar-refractivity contribution in [2.45, 2.75) is 88.6 Å². The molecule has 1 aliphatic carbocycles. The Morgan fingerprint density at radius 1 is 1.26 bits per heavy atom. The molecule has 2 aliphatic rings. The van der Waals surface area contributed by atoms with Crippen LogP contribution in [0.5, 0.6) is 0 Å². The molecule has 1 amide bonds. The van der Waals surface area contributed by atoms with Crippen LogP contribution in [0.3, 0.4) is 0 Å². The maximum absolute atomic E-state index is 13.8. The number of nitrogens with zero attached hydrogens (tertiary/aromatic N) is 1. The van der Waals surface area contributed by atoms with Gasteiger partial charge in [-0.15, -0.1) is 0 Å². The van der Waals surface area contributed by atoms with Gasteiger partial charge in [0.25, 0.3) is 0 Å². The van der Waals surface area contributed by atoms with Gasteiger partial charge in [-0.25, -0.2) is 13.6 Å². The van der Waals surface area contributed by atoms with Crippen LogP contribution in [0, 0.1) is 11.6 Å². The Morgan fingerprint density at radius 3 is 2.48 bits per heavy atom. The number of rotatable bonds is 6. The van der Waals surface area contributed by atoms with E-state index in [4.69, 9.17) is 19.9 Å². The molecular formula is C23H34F2N2O4. The van der Waals surface area contributed by atoms with Gasteiger partial charge in [0.2, 0.25) is 0 Å². The molecule has 1 aromatic carbocycles. The van der Waals surface area contributed by atoms with Crippen LogP contribution in [0.1, 0.15) is 64.9 Å². The third kappa shape index (κ3) is 5.35. The summed E-state index contributed by atoms with van der Waals surface area (Å²) < 4.78 is 44.5. The molecular weight excluding hydrogens is 406 g/mol. The molecule has 8 heteroatoms. The van der Waals surface area contributed by atoms with Gasteiger partial charge in [-0.2, -0.15) is 0 Å². The van der Waals surface area contributed by atoms with Gasteiger partial charge in [0.05, 0.1) is 17.7 Å². The molecule has 3 rings (SSSR count). The van der Waals surface area contributed by atoms with Crippen LogP contribution in [0.2, 0.25) is 0 Å². The third-order valence-corrected chi connectivity index (χ3v) is 6.14. The molecule has 31 heavy (non-hydrogen) atoms. The summed E-state index contributed by atoms with van der Waals surface area (Å²) in [4.78, 5) is 14.8. The summed E-state index contributed by atoms with van der Waals surface area (Å²) in [7, 11) is 1.52. The van der Waals surface area contributed by atoms with E-state index in [2.05, 4.69) is 0 Å². The minimum absolute atomic E-state index is 0.000881. The Hall–Kier alpha value is -1.77.